The number of hydrogen-bond donors (Lipinski definition) is 1. The number of nitrogens with one attached hydrogen (secondary N) is 1. The highest BCUT2D eigenvalue weighted by Crippen LogP contribution is 2.22. The van der Waals surface area contributed by atoms with E-state index in [1.54, 1.807) is 18.6 Å². The van der Waals surface area contributed by atoms with Crippen molar-refractivity contribution >= 4 is 0 Å². The van der Waals surface area contributed by atoms with Gasteiger partial charge in [0.05, 0.1) is 12.9 Å². The standard InChI is InChI=1S/C16H22FN3O/c1-3-6-19-13(2)15-5-4-14(11-16(15)17)21-10-9-20-8-7-18-12-20/h4-5,7-8,11-13,19H,3,6,9-10H2,1-2H3. The Labute approximate surface area is 125 Å². The molecule has 0 spiro atoms. The Hall–Kier alpha value is -1.88. The van der Waals surface area contributed by atoms with Crippen LogP contribution in [0.15, 0.2) is 36.9 Å². The van der Waals surface area contributed by atoms with Gasteiger partial charge in [-0.25, -0.2) is 9.37 Å². The van der Waals surface area contributed by atoms with Crippen molar-refractivity contribution in [3.63, 3.8) is 0 Å². The first kappa shape index (κ1) is 15.5. The summed E-state index contributed by atoms with van der Waals surface area (Å²) in [6, 6.07) is 5.06. The average Bonchev–Trinajstić information content (AvgIpc) is 2.98. The molecule has 0 aliphatic heterocycles. The Balaban J connectivity index is 1.89. The van der Waals surface area contributed by atoms with E-state index in [1.165, 1.54) is 6.07 Å². The summed E-state index contributed by atoms with van der Waals surface area (Å²) in [4.78, 5) is 3.96. The molecule has 1 atom stereocenters. The molecule has 0 saturated heterocycles. The van der Waals surface area contributed by atoms with Gasteiger partial charge in [-0.2, -0.15) is 0 Å². The number of rotatable bonds is 8. The fourth-order valence-electron chi connectivity index (χ4n) is 2.11. The van der Waals surface area contributed by atoms with Gasteiger partial charge in [-0.1, -0.05) is 13.0 Å². The Morgan fingerprint density at radius 1 is 1.43 bits per heavy atom. The minimum absolute atomic E-state index is 0.00458. The van der Waals surface area contributed by atoms with Crippen molar-refractivity contribution in [3.05, 3.63) is 48.3 Å². The van der Waals surface area contributed by atoms with Gasteiger partial charge in [0.15, 0.2) is 0 Å². The van der Waals surface area contributed by atoms with Crippen LogP contribution in [-0.2, 0) is 6.54 Å². The molecule has 114 valence electrons. The van der Waals surface area contributed by atoms with E-state index in [9.17, 15) is 4.39 Å². The third kappa shape index (κ3) is 4.56. The summed E-state index contributed by atoms with van der Waals surface area (Å²) >= 11 is 0. The first-order chi connectivity index (χ1) is 10.2. The minimum atomic E-state index is -0.230. The van der Waals surface area contributed by atoms with Gasteiger partial charge in [0.2, 0.25) is 0 Å². The molecule has 0 saturated carbocycles. The lowest BCUT2D eigenvalue weighted by Gasteiger charge is -2.15. The predicted molar refractivity (Wildman–Crippen MR) is 80.8 cm³/mol. The second-order valence-corrected chi connectivity index (χ2v) is 5.01. The maximum atomic E-state index is 14.1. The molecule has 1 N–H and O–H groups in total. The largest absolute Gasteiger partial charge is 0.492 e. The summed E-state index contributed by atoms with van der Waals surface area (Å²) < 4.78 is 21.6. The van der Waals surface area contributed by atoms with Crippen molar-refractivity contribution in [2.45, 2.75) is 32.9 Å². The SMILES string of the molecule is CCCNC(C)c1ccc(OCCn2ccnc2)cc1F. The molecule has 1 unspecified atom stereocenters. The molecule has 5 heteroatoms. The summed E-state index contributed by atoms with van der Waals surface area (Å²) in [7, 11) is 0. The third-order valence-electron chi connectivity index (χ3n) is 3.32. The van der Waals surface area contributed by atoms with Crippen molar-refractivity contribution in [1.29, 1.82) is 0 Å². The van der Waals surface area contributed by atoms with Crippen LogP contribution in [0.25, 0.3) is 0 Å². The molecular formula is C16H22FN3O. The van der Waals surface area contributed by atoms with E-state index in [-0.39, 0.29) is 11.9 Å². The van der Waals surface area contributed by atoms with Crippen LogP contribution in [0, 0.1) is 5.82 Å². The zero-order valence-corrected chi connectivity index (χ0v) is 12.6. The van der Waals surface area contributed by atoms with E-state index in [0.717, 1.165) is 13.0 Å². The lowest BCUT2D eigenvalue weighted by Crippen LogP contribution is -2.20. The molecule has 0 aliphatic carbocycles. The van der Waals surface area contributed by atoms with Crippen molar-refractivity contribution in [3.8, 4) is 5.75 Å². The van der Waals surface area contributed by atoms with Gasteiger partial charge in [-0.15, -0.1) is 0 Å². The number of aromatic nitrogens is 2. The number of imidazole rings is 1. The third-order valence-corrected chi connectivity index (χ3v) is 3.32. The first-order valence-electron chi connectivity index (χ1n) is 7.32. The Bertz CT molecular complexity index is 542. The van der Waals surface area contributed by atoms with E-state index < -0.39 is 0 Å². The van der Waals surface area contributed by atoms with Crippen LogP contribution in [0.1, 0.15) is 31.9 Å². The Morgan fingerprint density at radius 2 is 2.29 bits per heavy atom. The Kier molecular flexibility index (Phi) is 5.75. The van der Waals surface area contributed by atoms with Crippen LogP contribution in [-0.4, -0.2) is 22.7 Å². The highest BCUT2D eigenvalue weighted by atomic mass is 19.1. The molecule has 0 amide bonds. The topological polar surface area (TPSA) is 39.1 Å². The molecule has 2 rings (SSSR count). The molecule has 0 radical (unpaired) electrons. The first-order valence-corrected chi connectivity index (χ1v) is 7.32. The quantitative estimate of drug-likeness (QED) is 0.812. The summed E-state index contributed by atoms with van der Waals surface area (Å²) in [5, 5.41) is 3.28. The van der Waals surface area contributed by atoms with Crippen LogP contribution in [0.2, 0.25) is 0 Å². The van der Waals surface area contributed by atoms with Gasteiger partial charge >= 0.3 is 0 Å². The number of halogens is 1. The molecule has 1 heterocycles. The molecule has 2 aromatic rings. The van der Waals surface area contributed by atoms with Crippen molar-refractivity contribution in [2.24, 2.45) is 0 Å². The number of nitrogens with zero attached hydrogens (tertiary/aromatic N) is 2. The number of benzene rings is 1. The van der Waals surface area contributed by atoms with Gasteiger partial charge in [0.25, 0.3) is 0 Å². The average molecular weight is 291 g/mol. The van der Waals surface area contributed by atoms with Crippen molar-refractivity contribution in [1.82, 2.24) is 14.9 Å². The fourth-order valence-corrected chi connectivity index (χ4v) is 2.11. The molecule has 0 bridgehead atoms. The summed E-state index contributed by atoms with van der Waals surface area (Å²) in [6.45, 7) is 6.11. The van der Waals surface area contributed by atoms with E-state index in [2.05, 4.69) is 17.2 Å². The van der Waals surface area contributed by atoms with E-state index >= 15 is 0 Å². The van der Waals surface area contributed by atoms with Crippen molar-refractivity contribution in [2.75, 3.05) is 13.2 Å². The second kappa shape index (κ2) is 7.78. The second-order valence-electron chi connectivity index (χ2n) is 5.01. The molecule has 4 nitrogen and oxygen atoms in total. The summed E-state index contributed by atoms with van der Waals surface area (Å²) in [6.07, 6.45) is 6.35. The molecular weight excluding hydrogens is 269 g/mol. The number of hydrogen-bond acceptors (Lipinski definition) is 3. The van der Waals surface area contributed by atoms with Gasteiger partial charge in [-0.05, 0) is 26.0 Å². The lowest BCUT2D eigenvalue weighted by atomic mass is 10.1. The van der Waals surface area contributed by atoms with Gasteiger partial charge < -0.3 is 14.6 Å². The molecule has 21 heavy (non-hydrogen) atoms. The van der Waals surface area contributed by atoms with E-state index in [4.69, 9.17) is 4.74 Å². The molecule has 1 aromatic carbocycles. The summed E-state index contributed by atoms with van der Waals surface area (Å²) in [5.41, 5.74) is 0.672. The van der Waals surface area contributed by atoms with Crippen LogP contribution in [0.4, 0.5) is 4.39 Å². The maximum absolute atomic E-state index is 14.1. The maximum Gasteiger partial charge on any atom is 0.131 e. The van der Waals surface area contributed by atoms with Crippen LogP contribution in [0.5, 0.6) is 5.75 Å². The number of ether oxygens (including phenoxy) is 1. The zero-order valence-electron chi connectivity index (χ0n) is 12.6. The van der Waals surface area contributed by atoms with Gasteiger partial charge in [0.1, 0.15) is 18.2 Å². The van der Waals surface area contributed by atoms with E-state index in [0.29, 0.717) is 24.5 Å². The molecule has 0 aliphatic rings. The van der Waals surface area contributed by atoms with Crippen LogP contribution >= 0.6 is 0 Å². The fraction of sp³-hybridized carbons (Fsp3) is 0.438. The smallest absolute Gasteiger partial charge is 0.131 e. The highest BCUT2D eigenvalue weighted by Gasteiger charge is 2.11. The molecule has 1 aromatic heterocycles. The monoisotopic (exact) mass is 291 g/mol. The predicted octanol–water partition coefficient (Wildman–Crippen LogP) is 3.16. The van der Waals surface area contributed by atoms with Gasteiger partial charge in [0, 0.05) is 30.1 Å². The zero-order chi connectivity index (χ0) is 15.1. The van der Waals surface area contributed by atoms with E-state index in [1.807, 2.05) is 23.8 Å². The van der Waals surface area contributed by atoms with Crippen LogP contribution in [0.3, 0.4) is 0 Å². The van der Waals surface area contributed by atoms with Crippen LogP contribution < -0.4 is 10.1 Å². The minimum Gasteiger partial charge on any atom is -0.492 e. The highest BCUT2D eigenvalue weighted by molar-refractivity contribution is 5.30. The lowest BCUT2D eigenvalue weighted by molar-refractivity contribution is 0.296. The van der Waals surface area contributed by atoms with Gasteiger partial charge in [-0.3, -0.25) is 0 Å². The Morgan fingerprint density at radius 3 is 2.95 bits per heavy atom. The molecule has 0 fully saturated rings. The summed E-state index contributed by atoms with van der Waals surface area (Å²) in [5.74, 6) is 0.324. The normalized spacial score (nSPS) is 12.3. The van der Waals surface area contributed by atoms with Crippen molar-refractivity contribution < 1.29 is 9.13 Å².